The minimum atomic E-state index is -0.429. The van der Waals surface area contributed by atoms with Gasteiger partial charge in [-0.2, -0.15) is 5.10 Å². The Morgan fingerprint density at radius 2 is 2.26 bits per heavy atom. The SMILES string of the molecule is Cc1cccc(CNC(=O)Cn2cc([N+](=O)[O-])c(C3CC3)n2)c1. The molecular weight excluding hydrogens is 296 g/mol. The molecule has 1 heterocycles. The molecule has 7 nitrogen and oxygen atoms in total. The molecule has 0 unspecified atom stereocenters. The van der Waals surface area contributed by atoms with Crippen LogP contribution in [0.3, 0.4) is 0 Å². The highest BCUT2D eigenvalue weighted by atomic mass is 16.6. The second-order valence-electron chi connectivity index (χ2n) is 5.89. The van der Waals surface area contributed by atoms with Crippen molar-refractivity contribution in [2.75, 3.05) is 0 Å². The number of nitro groups is 1. The smallest absolute Gasteiger partial charge is 0.310 e. The number of nitrogens with one attached hydrogen (secondary N) is 1. The highest BCUT2D eigenvalue weighted by Crippen LogP contribution is 2.43. The zero-order chi connectivity index (χ0) is 16.4. The minimum Gasteiger partial charge on any atom is -0.350 e. The number of aryl methyl sites for hydroxylation is 1. The number of benzene rings is 1. The summed E-state index contributed by atoms with van der Waals surface area (Å²) in [6, 6.07) is 7.88. The van der Waals surface area contributed by atoms with Crippen LogP contribution in [-0.4, -0.2) is 20.6 Å². The molecule has 23 heavy (non-hydrogen) atoms. The summed E-state index contributed by atoms with van der Waals surface area (Å²) < 4.78 is 1.36. The zero-order valence-corrected chi connectivity index (χ0v) is 12.9. The van der Waals surface area contributed by atoms with E-state index in [2.05, 4.69) is 10.4 Å². The van der Waals surface area contributed by atoms with Gasteiger partial charge in [-0.25, -0.2) is 0 Å². The Labute approximate surface area is 133 Å². The summed E-state index contributed by atoms with van der Waals surface area (Å²) in [5, 5.41) is 18.1. The first-order chi connectivity index (χ1) is 11.0. The Kier molecular flexibility index (Phi) is 4.10. The average molecular weight is 314 g/mol. The van der Waals surface area contributed by atoms with Gasteiger partial charge in [0, 0.05) is 12.5 Å². The van der Waals surface area contributed by atoms with Crippen LogP contribution in [0.4, 0.5) is 5.69 Å². The number of hydrogen-bond acceptors (Lipinski definition) is 4. The predicted molar refractivity (Wildman–Crippen MR) is 83.9 cm³/mol. The molecule has 1 saturated carbocycles. The third-order valence-corrected chi connectivity index (χ3v) is 3.81. The van der Waals surface area contributed by atoms with Crippen LogP contribution in [-0.2, 0) is 17.9 Å². The van der Waals surface area contributed by atoms with Crippen LogP contribution in [0.25, 0.3) is 0 Å². The van der Waals surface area contributed by atoms with Crippen molar-refractivity contribution in [1.82, 2.24) is 15.1 Å². The summed E-state index contributed by atoms with van der Waals surface area (Å²) in [6.45, 7) is 2.41. The normalized spacial score (nSPS) is 13.8. The second kappa shape index (κ2) is 6.20. The van der Waals surface area contributed by atoms with Crippen LogP contribution in [0.1, 0.15) is 35.6 Å². The number of carbonyl (C=O) groups is 1. The Hall–Kier alpha value is -2.70. The molecule has 0 saturated heterocycles. The van der Waals surface area contributed by atoms with E-state index >= 15 is 0 Å². The first-order valence-corrected chi connectivity index (χ1v) is 7.57. The van der Waals surface area contributed by atoms with Crippen molar-refractivity contribution in [2.24, 2.45) is 0 Å². The van der Waals surface area contributed by atoms with Crippen LogP contribution in [0.15, 0.2) is 30.5 Å². The van der Waals surface area contributed by atoms with E-state index in [1.54, 1.807) is 0 Å². The van der Waals surface area contributed by atoms with E-state index < -0.39 is 4.92 Å². The van der Waals surface area contributed by atoms with Crippen molar-refractivity contribution in [3.63, 3.8) is 0 Å². The lowest BCUT2D eigenvalue weighted by molar-refractivity contribution is -0.385. The fraction of sp³-hybridized carbons (Fsp3) is 0.375. The summed E-state index contributed by atoms with van der Waals surface area (Å²) in [4.78, 5) is 22.6. The lowest BCUT2D eigenvalue weighted by Gasteiger charge is -2.06. The highest BCUT2D eigenvalue weighted by molar-refractivity contribution is 5.75. The molecule has 1 N–H and O–H groups in total. The topological polar surface area (TPSA) is 90.1 Å². The molecule has 1 aliphatic carbocycles. The number of rotatable bonds is 6. The van der Waals surface area contributed by atoms with Crippen molar-refractivity contribution < 1.29 is 9.72 Å². The number of nitrogens with zero attached hydrogens (tertiary/aromatic N) is 3. The van der Waals surface area contributed by atoms with Crippen molar-refractivity contribution in [3.05, 3.63) is 57.4 Å². The van der Waals surface area contributed by atoms with E-state index in [1.807, 2.05) is 31.2 Å². The van der Waals surface area contributed by atoms with Crippen molar-refractivity contribution in [2.45, 2.75) is 38.8 Å². The molecule has 3 rings (SSSR count). The van der Waals surface area contributed by atoms with Gasteiger partial charge in [-0.15, -0.1) is 0 Å². The molecule has 120 valence electrons. The number of amides is 1. The lowest BCUT2D eigenvalue weighted by Crippen LogP contribution is -2.27. The van der Waals surface area contributed by atoms with Gasteiger partial charge >= 0.3 is 5.69 Å². The molecule has 2 aromatic rings. The standard InChI is InChI=1S/C16H18N4O3/c1-11-3-2-4-12(7-11)8-17-15(21)10-19-9-14(20(22)23)16(18-19)13-5-6-13/h2-4,7,9,13H,5-6,8,10H2,1H3,(H,17,21). The van der Waals surface area contributed by atoms with Crippen molar-refractivity contribution >= 4 is 11.6 Å². The van der Waals surface area contributed by atoms with Crippen LogP contribution >= 0.6 is 0 Å². The molecule has 7 heteroatoms. The van der Waals surface area contributed by atoms with Gasteiger partial charge in [-0.1, -0.05) is 29.8 Å². The molecule has 1 aromatic carbocycles. The van der Waals surface area contributed by atoms with Crippen LogP contribution in [0.2, 0.25) is 0 Å². The van der Waals surface area contributed by atoms with E-state index in [4.69, 9.17) is 0 Å². The van der Waals surface area contributed by atoms with Crippen LogP contribution < -0.4 is 5.32 Å². The Morgan fingerprint density at radius 1 is 1.48 bits per heavy atom. The van der Waals surface area contributed by atoms with Crippen molar-refractivity contribution in [3.8, 4) is 0 Å². The summed E-state index contributed by atoms with van der Waals surface area (Å²) in [5.41, 5.74) is 2.66. The maximum atomic E-state index is 12.0. The zero-order valence-electron chi connectivity index (χ0n) is 12.9. The Bertz CT molecular complexity index is 750. The Morgan fingerprint density at radius 3 is 2.91 bits per heavy atom. The fourth-order valence-corrected chi connectivity index (χ4v) is 2.52. The van der Waals surface area contributed by atoms with E-state index in [0.29, 0.717) is 12.2 Å². The van der Waals surface area contributed by atoms with E-state index in [0.717, 1.165) is 24.0 Å². The summed E-state index contributed by atoms with van der Waals surface area (Å²) >= 11 is 0. The Balaban J connectivity index is 1.61. The van der Waals surface area contributed by atoms with Gasteiger partial charge in [0.1, 0.15) is 18.4 Å². The van der Waals surface area contributed by atoms with Gasteiger partial charge in [0.05, 0.1) is 4.92 Å². The molecule has 0 radical (unpaired) electrons. The molecule has 0 spiro atoms. The molecule has 0 atom stereocenters. The number of carbonyl (C=O) groups excluding carboxylic acids is 1. The lowest BCUT2D eigenvalue weighted by atomic mass is 10.1. The third kappa shape index (κ3) is 3.74. The monoisotopic (exact) mass is 314 g/mol. The van der Waals surface area contributed by atoms with Gasteiger partial charge in [0.2, 0.25) is 5.91 Å². The average Bonchev–Trinajstić information content (AvgIpc) is 3.26. The molecule has 0 aliphatic heterocycles. The van der Waals surface area contributed by atoms with E-state index in [9.17, 15) is 14.9 Å². The van der Waals surface area contributed by atoms with Gasteiger partial charge in [-0.05, 0) is 25.3 Å². The second-order valence-corrected chi connectivity index (χ2v) is 5.89. The van der Waals surface area contributed by atoms with Gasteiger partial charge < -0.3 is 5.32 Å². The molecule has 1 aliphatic rings. The minimum absolute atomic E-state index is 0.0129. The summed E-state index contributed by atoms with van der Waals surface area (Å²) in [7, 11) is 0. The maximum Gasteiger partial charge on any atom is 0.310 e. The number of hydrogen-bond donors (Lipinski definition) is 1. The van der Waals surface area contributed by atoms with Crippen LogP contribution in [0, 0.1) is 17.0 Å². The molecule has 1 amide bonds. The van der Waals surface area contributed by atoms with Gasteiger partial charge in [-0.3, -0.25) is 19.6 Å². The third-order valence-electron chi connectivity index (χ3n) is 3.81. The number of aromatic nitrogens is 2. The maximum absolute atomic E-state index is 12.0. The van der Waals surface area contributed by atoms with Gasteiger partial charge in [0.15, 0.2) is 0 Å². The molecule has 1 aromatic heterocycles. The molecule has 1 fully saturated rings. The van der Waals surface area contributed by atoms with Crippen molar-refractivity contribution in [1.29, 1.82) is 0 Å². The quantitative estimate of drug-likeness (QED) is 0.654. The molecule has 0 bridgehead atoms. The molecular formula is C16H18N4O3. The summed E-state index contributed by atoms with van der Waals surface area (Å²) in [5.74, 6) is -0.0433. The van der Waals surface area contributed by atoms with Gasteiger partial charge in [0.25, 0.3) is 0 Å². The highest BCUT2D eigenvalue weighted by Gasteiger charge is 2.34. The summed E-state index contributed by atoms with van der Waals surface area (Å²) in [6.07, 6.45) is 3.20. The first kappa shape index (κ1) is 15.2. The van der Waals surface area contributed by atoms with Crippen LogP contribution in [0.5, 0.6) is 0 Å². The van der Waals surface area contributed by atoms with E-state index in [-0.39, 0.29) is 24.1 Å². The van der Waals surface area contributed by atoms with E-state index in [1.165, 1.54) is 10.9 Å². The largest absolute Gasteiger partial charge is 0.350 e. The first-order valence-electron chi connectivity index (χ1n) is 7.57. The fourth-order valence-electron chi connectivity index (χ4n) is 2.52. The predicted octanol–water partition coefficient (Wildman–Crippen LogP) is 2.29.